The van der Waals surface area contributed by atoms with Gasteiger partial charge in [0, 0.05) is 30.5 Å². The van der Waals surface area contributed by atoms with Crippen molar-refractivity contribution in [2.24, 2.45) is 5.10 Å². The summed E-state index contributed by atoms with van der Waals surface area (Å²) in [6, 6.07) is 14.3. The number of aromatic nitrogens is 1. The molecule has 1 aromatic heterocycles. The molecule has 0 saturated carbocycles. The van der Waals surface area contributed by atoms with Gasteiger partial charge < -0.3 is 4.90 Å². The first kappa shape index (κ1) is 19.0. The Balaban J connectivity index is 1.69. The van der Waals surface area contributed by atoms with Crippen LogP contribution in [0.25, 0.3) is 10.2 Å². The zero-order valence-electron chi connectivity index (χ0n) is 14.5. The van der Waals surface area contributed by atoms with Crippen LogP contribution in [0.1, 0.15) is 11.1 Å². The molecule has 4 nitrogen and oxygen atoms in total. The highest BCUT2D eigenvalue weighted by molar-refractivity contribution is 7.22. The number of fused-ring (bicyclic) bond motifs is 1. The van der Waals surface area contributed by atoms with Crippen LogP contribution in [0.4, 0.5) is 10.8 Å². The van der Waals surface area contributed by atoms with E-state index < -0.39 is 0 Å². The van der Waals surface area contributed by atoms with Crippen molar-refractivity contribution in [2.75, 3.05) is 35.2 Å². The number of alkyl halides is 2. The molecule has 0 aliphatic heterocycles. The van der Waals surface area contributed by atoms with E-state index in [0.717, 1.165) is 45.3 Å². The zero-order valence-corrected chi connectivity index (χ0v) is 16.8. The Morgan fingerprint density at radius 1 is 1.15 bits per heavy atom. The number of halogens is 2. The van der Waals surface area contributed by atoms with Gasteiger partial charge in [0.1, 0.15) is 0 Å². The lowest BCUT2D eigenvalue weighted by Gasteiger charge is -2.23. The van der Waals surface area contributed by atoms with E-state index in [0.29, 0.717) is 11.8 Å². The van der Waals surface area contributed by atoms with Gasteiger partial charge in [-0.25, -0.2) is 4.98 Å². The highest BCUT2D eigenvalue weighted by Gasteiger charge is 2.07. The van der Waals surface area contributed by atoms with Crippen LogP contribution in [0.15, 0.2) is 47.6 Å². The molecule has 1 N–H and O–H groups in total. The standard InChI is InChI=1S/C19H20Cl2N4S/c1-14-12-16(25(10-8-20)11-9-21)7-6-15(14)13-22-24-19-23-17-4-2-3-5-18(17)26-19/h2-7,12-13H,8-11H2,1H3,(H,23,24). The number of thiazole rings is 1. The fourth-order valence-corrected chi connectivity index (χ4v) is 3.88. The highest BCUT2D eigenvalue weighted by Crippen LogP contribution is 2.25. The second-order valence-electron chi connectivity index (χ2n) is 5.76. The minimum atomic E-state index is 0.575. The molecule has 2 aromatic carbocycles. The molecule has 3 rings (SSSR count). The van der Waals surface area contributed by atoms with Gasteiger partial charge in [-0.05, 0) is 42.3 Å². The van der Waals surface area contributed by atoms with Crippen LogP contribution in [0.5, 0.6) is 0 Å². The molecule has 0 aliphatic rings. The second-order valence-corrected chi connectivity index (χ2v) is 7.55. The summed E-state index contributed by atoms with van der Waals surface area (Å²) in [7, 11) is 0. The average molecular weight is 407 g/mol. The van der Waals surface area contributed by atoms with E-state index in [4.69, 9.17) is 23.2 Å². The lowest BCUT2D eigenvalue weighted by Crippen LogP contribution is -2.27. The summed E-state index contributed by atoms with van der Waals surface area (Å²) in [6.07, 6.45) is 1.82. The Morgan fingerprint density at radius 3 is 2.62 bits per heavy atom. The summed E-state index contributed by atoms with van der Waals surface area (Å²) < 4.78 is 1.14. The monoisotopic (exact) mass is 406 g/mol. The van der Waals surface area contributed by atoms with Crippen molar-refractivity contribution < 1.29 is 0 Å². The average Bonchev–Trinajstić information content (AvgIpc) is 3.05. The number of rotatable bonds is 8. The first-order valence-electron chi connectivity index (χ1n) is 8.33. The van der Waals surface area contributed by atoms with Gasteiger partial charge in [-0.1, -0.05) is 29.5 Å². The number of nitrogens with zero attached hydrogens (tertiary/aromatic N) is 3. The molecule has 1 heterocycles. The summed E-state index contributed by atoms with van der Waals surface area (Å²) in [5.74, 6) is 1.15. The Morgan fingerprint density at radius 2 is 1.92 bits per heavy atom. The molecule has 26 heavy (non-hydrogen) atoms. The Labute approximate surface area is 167 Å². The molecule has 7 heteroatoms. The molecule has 0 unspecified atom stereocenters. The van der Waals surface area contributed by atoms with Crippen LogP contribution in [-0.4, -0.2) is 36.0 Å². The van der Waals surface area contributed by atoms with E-state index in [1.54, 1.807) is 11.3 Å². The zero-order chi connectivity index (χ0) is 18.4. The number of hydrogen-bond acceptors (Lipinski definition) is 5. The van der Waals surface area contributed by atoms with E-state index in [2.05, 4.69) is 51.6 Å². The minimum absolute atomic E-state index is 0.575. The van der Waals surface area contributed by atoms with Gasteiger partial charge in [0.25, 0.3) is 0 Å². The fourth-order valence-electron chi connectivity index (χ4n) is 2.65. The molecular weight excluding hydrogens is 387 g/mol. The van der Waals surface area contributed by atoms with E-state index in [-0.39, 0.29) is 0 Å². The van der Waals surface area contributed by atoms with Crippen molar-refractivity contribution in [3.05, 3.63) is 53.6 Å². The Bertz CT molecular complexity index is 855. The maximum Gasteiger partial charge on any atom is 0.204 e. The van der Waals surface area contributed by atoms with Gasteiger partial charge >= 0.3 is 0 Å². The van der Waals surface area contributed by atoms with Crippen LogP contribution >= 0.6 is 34.5 Å². The minimum Gasteiger partial charge on any atom is -0.369 e. The van der Waals surface area contributed by atoms with Crippen LogP contribution in [0.3, 0.4) is 0 Å². The molecule has 0 saturated heterocycles. The number of nitrogens with one attached hydrogen (secondary N) is 1. The van der Waals surface area contributed by atoms with E-state index in [9.17, 15) is 0 Å². The summed E-state index contributed by atoms with van der Waals surface area (Å²) in [4.78, 5) is 6.69. The predicted octanol–water partition coefficient (Wildman–Crippen LogP) is 5.33. The number of para-hydroxylation sites is 1. The molecule has 0 radical (unpaired) electrons. The lowest BCUT2D eigenvalue weighted by molar-refractivity contribution is 0.873. The van der Waals surface area contributed by atoms with Crippen molar-refractivity contribution in [1.82, 2.24) is 4.98 Å². The molecular formula is C19H20Cl2N4S. The topological polar surface area (TPSA) is 40.5 Å². The first-order valence-corrected chi connectivity index (χ1v) is 10.2. The third-order valence-corrected chi connectivity index (χ3v) is 5.26. The third-order valence-electron chi connectivity index (χ3n) is 3.99. The number of hydrogen-bond donors (Lipinski definition) is 1. The number of aryl methyl sites for hydroxylation is 1. The van der Waals surface area contributed by atoms with E-state index >= 15 is 0 Å². The van der Waals surface area contributed by atoms with E-state index in [1.807, 2.05) is 24.4 Å². The van der Waals surface area contributed by atoms with Crippen LogP contribution in [0.2, 0.25) is 0 Å². The molecule has 0 aliphatic carbocycles. The van der Waals surface area contributed by atoms with Crippen molar-refractivity contribution >= 4 is 61.8 Å². The second kappa shape index (κ2) is 9.21. The molecule has 0 bridgehead atoms. The van der Waals surface area contributed by atoms with Crippen molar-refractivity contribution in [3.63, 3.8) is 0 Å². The largest absolute Gasteiger partial charge is 0.369 e. The Kier molecular flexibility index (Phi) is 6.72. The molecule has 0 amide bonds. The highest BCUT2D eigenvalue weighted by atomic mass is 35.5. The van der Waals surface area contributed by atoms with Crippen molar-refractivity contribution in [3.8, 4) is 0 Å². The maximum atomic E-state index is 5.89. The summed E-state index contributed by atoms with van der Waals surface area (Å²) in [5.41, 5.74) is 7.32. The van der Waals surface area contributed by atoms with E-state index in [1.165, 1.54) is 0 Å². The lowest BCUT2D eigenvalue weighted by atomic mass is 10.1. The van der Waals surface area contributed by atoms with Crippen LogP contribution in [-0.2, 0) is 0 Å². The predicted molar refractivity (Wildman–Crippen MR) is 116 cm³/mol. The smallest absolute Gasteiger partial charge is 0.204 e. The van der Waals surface area contributed by atoms with Crippen LogP contribution in [0, 0.1) is 6.92 Å². The molecule has 3 aromatic rings. The SMILES string of the molecule is Cc1cc(N(CCCl)CCCl)ccc1C=NNc1nc2ccccc2s1. The van der Waals surface area contributed by atoms with Gasteiger partial charge in [-0.15, -0.1) is 23.2 Å². The third kappa shape index (κ3) is 4.67. The van der Waals surface area contributed by atoms with Gasteiger partial charge in [-0.3, -0.25) is 5.43 Å². The van der Waals surface area contributed by atoms with Crippen molar-refractivity contribution in [1.29, 1.82) is 0 Å². The van der Waals surface area contributed by atoms with Gasteiger partial charge in [0.2, 0.25) is 5.13 Å². The normalized spacial score (nSPS) is 11.3. The molecule has 136 valence electrons. The quantitative estimate of drug-likeness (QED) is 0.312. The molecule has 0 atom stereocenters. The first-order chi connectivity index (χ1) is 12.7. The van der Waals surface area contributed by atoms with Crippen LogP contribution < -0.4 is 10.3 Å². The number of anilines is 2. The number of hydrazone groups is 1. The van der Waals surface area contributed by atoms with Gasteiger partial charge in [0.15, 0.2) is 0 Å². The maximum absolute atomic E-state index is 5.89. The number of benzene rings is 2. The molecule has 0 fully saturated rings. The fraction of sp³-hybridized carbons (Fsp3) is 0.263. The summed E-state index contributed by atoms with van der Waals surface area (Å²) in [6.45, 7) is 3.63. The van der Waals surface area contributed by atoms with Gasteiger partial charge in [0.05, 0.1) is 16.4 Å². The van der Waals surface area contributed by atoms with Crippen molar-refractivity contribution in [2.45, 2.75) is 6.92 Å². The molecule has 0 spiro atoms. The summed E-state index contributed by atoms with van der Waals surface area (Å²) in [5, 5.41) is 5.12. The Hall–Kier alpha value is -1.82. The summed E-state index contributed by atoms with van der Waals surface area (Å²) >= 11 is 13.4. The van der Waals surface area contributed by atoms with Gasteiger partial charge in [-0.2, -0.15) is 5.10 Å².